The molecule has 1 aromatic carbocycles. The number of carbonyl (C=O) groups excluding carboxylic acids is 1. The Morgan fingerprint density at radius 2 is 2.17 bits per heavy atom. The normalized spacial score (nSPS) is 11.3. The number of aromatic nitrogens is 1. The van der Waals surface area contributed by atoms with Gasteiger partial charge in [-0.25, -0.2) is 4.98 Å². The van der Waals surface area contributed by atoms with Crippen molar-refractivity contribution < 1.29 is 13.9 Å². The molecule has 0 aliphatic carbocycles. The summed E-state index contributed by atoms with van der Waals surface area (Å²) in [5, 5.41) is 6.23. The molecule has 3 rings (SSSR count). The summed E-state index contributed by atoms with van der Waals surface area (Å²) < 4.78 is 10.9. The van der Waals surface area contributed by atoms with Crippen LogP contribution < -0.4 is 5.32 Å². The van der Waals surface area contributed by atoms with Gasteiger partial charge in [0.05, 0.1) is 12.3 Å². The van der Waals surface area contributed by atoms with E-state index in [0.29, 0.717) is 23.2 Å². The first-order chi connectivity index (χ1) is 11.1. The van der Waals surface area contributed by atoms with Crippen LogP contribution in [0.1, 0.15) is 41.6 Å². The lowest BCUT2D eigenvalue weighted by Gasteiger charge is -2.02. The lowest BCUT2D eigenvalue weighted by molar-refractivity contribution is 0.0992. The molecule has 2 aromatic heterocycles. The summed E-state index contributed by atoms with van der Waals surface area (Å²) in [4.78, 5) is 17.0. The maximum absolute atomic E-state index is 12.6. The Morgan fingerprint density at radius 1 is 1.39 bits per heavy atom. The van der Waals surface area contributed by atoms with Crippen molar-refractivity contribution >= 4 is 33.3 Å². The van der Waals surface area contributed by atoms with Gasteiger partial charge < -0.3 is 9.15 Å². The number of rotatable bonds is 5. The molecular weight excluding hydrogens is 312 g/mol. The monoisotopic (exact) mass is 330 g/mol. The first-order valence-electron chi connectivity index (χ1n) is 7.36. The Hall–Kier alpha value is -2.18. The number of hydrogen-bond donors (Lipinski definition) is 1. The van der Waals surface area contributed by atoms with Gasteiger partial charge >= 0.3 is 0 Å². The zero-order valence-corrected chi connectivity index (χ0v) is 14.1. The van der Waals surface area contributed by atoms with Crippen molar-refractivity contribution in [1.82, 2.24) is 4.98 Å². The molecule has 0 aliphatic heterocycles. The van der Waals surface area contributed by atoms with Gasteiger partial charge in [-0.3, -0.25) is 10.1 Å². The van der Waals surface area contributed by atoms with E-state index in [1.165, 1.54) is 11.3 Å². The quantitative estimate of drug-likeness (QED) is 0.752. The van der Waals surface area contributed by atoms with E-state index in [1.54, 1.807) is 7.11 Å². The summed E-state index contributed by atoms with van der Waals surface area (Å²) >= 11 is 1.41. The molecule has 0 saturated heterocycles. The molecule has 0 radical (unpaired) electrons. The van der Waals surface area contributed by atoms with E-state index < -0.39 is 0 Å². The number of fused-ring (bicyclic) bond motifs is 1. The Morgan fingerprint density at radius 3 is 2.87 bits per heavy atom. The summed E-state index contributed by atoms with van der Waals surface area (Å²) in [6, 6.07) is 7.55. The second-order valence-corrected chi connectivity index (χ2v) is 6.38. The third-order valence-corrected chi connectivity index (χ3v) is 4.30. The Bertz CT molecular complexity index is 835. The Labute approximate surface area is 138 Å². The van der Waals surface area contributed by atoms with Gasteiger partial charge in [0.25, 0.3) is 5.91 Å². The highest BCUT2D eigenvalue weighted by molar-refractivity contribution is 7.14. The van der Waals surface area contributed by atoms with Gasteiger partial charge in [-0.2, -0.15) is 0 Å². The molecule has 5 nitrogen and oxygen atoms in total. The number of benzene rings is 1. The molecule has 0 spiro atoms. The highest BCUT2D eigenvalue weighted by Gasteiger charge is 2.21. The molecule has 120 valence electrons. The van der Waals surface area contributed by atoms with E-state index in [9.17, 15) is 4.79 Å². The van der Waals surface area contributed by atoms with Crippen molar-refractivity contribution in [2.45, 2.75) is 26.4 Å². The second-order valence-electron chi connectivity index (χ2n) is 5.53. The van der Waals surface area contributed by atoms with Crippen LogP contribution in [0.15, 0.2) is 34.1 Å². The van der Waals surface area contributed by atoms with Gasteiger partial charge in [0.1, 0.15) is 5.58 Å². The zero-order chi connectivity index (χ0) is 16.4. The Balaban J connectivity index is 1.91. The summed E-state index contributed by atoms with van der Waals surface area (Å²) in [6.45, 7) is 4.45. The van der Waals surface area contributed by atoms with Crippen molar-refractivity contribution in [1.29, 1.82) is 0 Å². The molecule has 0 bridgehead atoms. The minimum atomic E-state index is -0.307. The number of ether oxygens (including phenoxy) is 1. The molecule has 1 N–H and O–H groups in total. The number of carbonyl (C=O) groups is 1. The zero-order valence-electron chi connectivity index (χ0n) is 13.3. The molecule has 0 atom stereocenters. The molecule has 1 amide bonds. The summed E-state index contributed by atoms with van der Waals surface area (Å²) in [5.41, 5.74) is 2.39. The van der Waals surface area contributed by atoms with Crippen LogP contribution in [0.3, 0.4) is 0 Å². The smallest absolute Gasteiger partial charge is 0.293 e. The van der Waals surface area contributed by atoms with Crippen LogP contribution in [0, 0.1) is 0 Å². The van der Waals surface area contributed by atoms with E-state index in [-0.39, 0.29) is 11.7 Å². The van der Waals surface area contributed by atoms with E-state index in [4.69, 9.17) is 9.15 Å². The average molecular weight is 330 g/mol. The summed E-state index contributed by atoms with van der Waals surface area (Å²) in [6.07, 6.45) is 0. The fourth-order valence-electron chi connectivity index (χ4n) is 2.33. The molecule has 2 heterocycles. The van der Waals surface area contributed by atoms with E-state index in [0.717, 1.165) is 16.6 Å². The fourth-order valence-corrected chi connectivity index (χ4v) is 3.20. The molecule has 23 heavy (non-hydrogen) atoms. The molecule has 3 aromatic rings. The standard InChI is InChI=1S/C17H18N2O3S/c1-10(2)13-9-23-17(18-13)19-16(20)15-12(8-21-3)11-6-4-5-7-14(11)22-15/h4-7,9-10H,8H2,1-3H3,(H,18,19,20). The number of para-hydroxylation sites is 1. The van der Waals surface area contributed by atoms with Crippen LogP contribution in [0.25, 0.3) is 11.0 Å². The topological polar surface area (TPSA) is 64.4 Å². The minimum Gasteiger partial charge on any atom is -0.451 e. The van der Waals surface area contributed by atoms with Crippen molar-refractivity contribution in [3.05, 3.63) is 46.7 Å². The summed E-state index contributed by atoms with van der Waals surface area (Å²) in [5.74, 6) is 0.291. The van der Waals surface area contributed by atoms with Gasteiger partial charge in [0.15, 0.2) is 10.9 Å². The highest BCUT2D eigenvalue weighted by Crippen LogP contribution is 2.28. The number of methoxy groups -OCH3 is 1. The predicted octanol–water partition coefficient (Wildman–Crippen LogP) is 4.41. The number of anilines is 1. The highest BCUT2D eigenvalue weighted by atomic mass is 32.1. The van der Waals surface area contributed by atoms with Crippen LogP contribution in [-0.2, 0) is 11.3 Å². The maximum atomic E-state index is 12.6. The average Bonchev–Trinajstić information content (AvgIpc) is 3.13. The van der Waals surface area contributed by atoms with Gasteiger partial charge in [0, 0.05) is 23.4 Å². The fraction of sp³-hybridized carbons (Fsp3) is 0.294. The van der Waals surface area contributed by atoms with Crippen LogP contribution in [0.4, 0.5) is 5.13 Å². The van der Waals surface area contributed by atoms with Crippen molar-refractivity contribution in [2.24, 2.45) is 0 Å². The molecule has 0 fully saturated rings. The van der Waals surface area contributed by atoms with Crippen molar-refractivity contribution in [3.63, 3.8) is 0 Å². The van der Waals surface area contributed by atoms with Crippen molar-refractivity contribution in [2.75, 3.05) is 12.4 Å². The molecule has 0 aliphatic rings. The van der Waals surface area contributed by atoms with E-state index in [1.807, 2.05) is 29.6 Å². The lowest BCUT2D eigenvalue weighted by atomic mass is 10.1. The van der Waals surface area contributed by atoms with E-state index >= 15 is 0 Å². The predicted molar refractivity (Wildman–Crippen MR) is 91.1 cm³/mol. The van der Waals surface area contributed by atoms with Gasteiger partial charge in [0.2, 0.25) is 0 Å². The molecule has 0 saturated carbocycles. The number of nitrogens with zero attached hydrogens (tertiary/aromatic N) is 1. The number of amides is 1. The first-order valence-corrected chi connectivity index (χ1v) is 8.24. The van der Waals surface area contributed by atoms with Crippen LogP contribution >= 0.6 is 11.3 Å². The number of furan rings is 1. The molecule has 6 heteroatoms. The third kappa shape index (κ3) is 3.13. The molecular formula is C17H18N2O3S. The van der Waals surface area contributed by atoms with Crippen LogP contribution in [0.2, 0.25) is 0 Å². The lowest BCUT2D eigenvalue weighted by Crippen LogP contribution is -2.13. The van der Waals surface area contributed by atoms with Gasteiger partial charge in [-0.05, 0) is 12.0 Å². The number of hydrogen-bond acceptors (Lipinski definition) is 5. The molecule has 0 unspecified atom stereocenters. The second kappa shape index (κ2) is 6.52. The summed E-state index contributed by atoms with van der Waals surface area (Å²) in [7, 11) is 1.60. The maximum Gasteiger partial charge on any atom is 0.293 e. The van der Waals surface area contributed by atoms with Crippen LogP contribution in [-0.4, -0.2) is 18.0 Å². The van der Waals surface area contributed by atoms with Crippen molar-refractivity contribution in [3.8, 4) is 0 Å². The number of thiazole rings is 1. The minimum absolute atomic E-state index is 0.273. The largest absolute Gasteiger partial charge is 0.451 e. The Kier molecular flexibility index (Phi) is 4.45. The van der Waals surface area contributed by atoms with Crippen LogP contribution in [0.5, 0.6) is 0 Å². The van der Waals surface area contributed by atoms with E-state index in [2.05, 4.69) is 24.1 Å². The SMILES string of the molecule is COCc1c(C(=O)Nc2nc(C(C)C)cs2)oc2ccccc12. The third-order valence-electron chi connectivity index (χ3n) is 3.53. The number of nitrogens with one attached hydrogen (secondary N) is 1. The van der Waals surface area contributed by atoms with Gasteiger partial charge in [-0.15, -0.1) is 11.3 Å². The first kappa shape index (κ1) is 15.7. The van der Waals surface area contributed by atoms with Gasteiger partial charge in [-0.1, -0.05) is 32.0 Å².